The molecule has 8 heteroatoms. The highest BCUT2D eigenvalue weighted by atomic mass is 16.5. The van der Waals surface area contributed by atoms with Gasteiger partial charge in [0, 0.05) is 29.2 Å². The average Bonchev–Trinajstić information content (AvgIpc) is 2.91. The van der Waals surface area contributed by atoms with Crippen LogP contribution in [0.15, 0.2) is 84.9 Å². The molecule has 1 atom stereocenters. The third-order valence-electron chi connectivity index (χ3n) is 5.99. The van der Waals surface area contributed by atoms with E-state index in [4.69, 9.17) is 4.74 Å². The normalized spacial score (nSPS) is 14.3. The van der Waals surface area contributed by atoms with E-state index in [0.717, 1.165) is 22.6 Å². The smallest absolute Gasteiger partial charge is 0.263 e. The maximum Gasteiger partial charge on any atom is 0.263 e. The topological polar surface area (TPSA) is 96.5 Å². The number of carbonyl (C=O) groups is 2. The van der Waals surface area contributed by atoms with Crippen molar-refractivity contribution in [1.82, 2.24) is 15.3 Å². The first-order valence-corrected chi connectivity index (χ1v) is 12.0. The molecular formula is C29H27N5O3. The van der Waals surface area contributed by atoms with Crippen LogP contribution in [-0.4, -0.2) is 34.4 Å². The number of hydrogen-bond donors (Lipinski definition) is 2. The van der Waals surface area contributed by atoms with Crippen LogP contribution in [0, 0.1) is 13.8 Å². The van der Waals surface area contributed by atoms with E-state index in [0.29, 0.717) is 29.5 Å². The quantitative estimate of drug-likeness (QED) is 0.409. The lowest BCUT2D eigenvalue weighted by Crippen LogP contribution is -2.50. The molecule has 0 spiro atoms. The van der Waals surface area contributed by atoms with Gasteiger partial charge in [0.15, 0.2) is 6.10 Å². The Morgan fingerprint density at radius 1 is 0.919 bits per heavy atom. The molecule has 0 bridgehead atoms. The highest BCUT2D eigenvalue weighted by molar-refractivity contribution is 6.08. The first kappa shape index (κ1) is 24.0. The van der Waals surface area contributed by atoms with Crippen LogP contribution in [0.1, 0.15) is 27.3 Å². The number of amides is 2. The zero-order valence-electron chi connectivity index (χ0n) is 20.6. The van der Waals surface area contributed by atoms with Gasteiger partial charge in [-0.15, -0.1) is 0 Å². The third kappa shape index (κ3) is 5.59. The van der Waals surface area contributed by atoms with Gasteiger partial charge >= 0.3 is 0 Å². The minimum absolute atomic E-state index is 0.104. The number of aromatic nitrogens is 2. The van der Waals surface area contributed by atoms with Crippen molar-refractivity contribution < 1.29 is 14.3 Å². The van der Waals surface area contributed by atoms with E-state index >= 15 is 0 Å². The summed E-state index contributed by atoms with van der Waals surface area (Å²) in [4.78, 5) is 36.9. The summed E-state index contributed by atoms with van der Waals surface area (Å²) in [6, 6.07) is 25.9. The second-order valence-corrected chi connectivity index (χ2v) is 8.87. The lowest BCUT2D eigenvalue weighted by Gasteiger charge is -2.34. The third-order valence-corrected chi connectivity index (χ3v) is 5.99. The van der Waals surface area contributed by atoms with Crippen molar-refractivity contribution in [2.24, 2.45) is 0 Å². The number of benzene rings is 3. The number of para-hydroxylation sites is 2. The van der Waals surface area contributed by atoms with Crippen molar-refractivity contribution >= 4 is 29.1 Å². The molecule has 0 fully saturated rings. The molecule has 1 aliphatic heterocycles. The number of carbonyl (C=O) groups excluding carboxylic acids is 2. The van der Waals surface area contributed by atoms with Gasteiger partial charge in [0.05, 0.1) is 12.2 Å². The van der Waals surface area contributed by atoms with E-state index in [9.17, 15) is 9.59 Å². The average molecular weight is 494 g/mol. The van der Waals surface area contributed by atoms with Crippen LogP contribution in [0.4, 0.5) is 17.3 Å². The molecule has 2 amide bonds. The van der Waals surface area contributed by atoms with Gasteiger partial charge in [-0.2, -0.15) is 0 Å². The van der Waals surface area contributed by atoms with E-state index in [1.54, 1.807) is 23.1 Å². The maximum absolute atomic E-state index is 13.6. The number of nitrogens with zero attached hydrogens (tertiary/aromatic N) is 3. The second kappa shape index (κ2) is 10.5. The van der Waals surface area contributed by atoms with E-state index < -0.39 is 6.10 Å². The Kier molecular flexibility index (Phi) is 6.81. The predicted molar refractivity (Wildman–Crippen MR) is 142 cm³/mol. The molecule has 37 heavy (non-hydrogen) atoms. The Morgan fingerprint density at radius 3 is 2.32 bits per heavy atom. The fourth-order valence-electron chi connectivity index (χ4n) is 4.23. The molecule has 1 aliphatic rings. The molecule has 0 saturated carbocycles. The minimum Gasteiger partial charge on any atom is -0.477 e. The van der Waals surface area contributed by atoms with E-state index in [-0.39, 0.29) is 18.4 Å². The van der Waals surface area contributed by atoms with Crippen LogP contribution in [-0.2, 0) is 11.3 Å². The minimum atomic E-state index is -0.829. The second-order valence-electron chi connectivity index (χ2n) is 8.87. The van der Waals surface area contributed by atoms with Crippen LogP contribution < -0.4 is 20.3 Å². The molecule has 0 saturated heterocycles. The van der Waals surface area contributed by atoms with E-state index in [2.05, 4.69) is 20.6 Å². The van der Waals surface area contributed by atoms with E-state index in [1.165, 1.54) is 0 Å². The van der Waals surface area contributed by atoms with Crippen molar-refractivity contribution in [1.29, 1.82) is 0 Å². The number of fused-ring (bicyclic) bond motifs is 1. The van der Waals surface area contributed by atoms with Gasteiger partial charge in [-0.25, -0.2) is 9.97 Å². The highest BCUT2D eigenvalue weighted by Gasteiger charge is 2.34. The van der Waals surface area contributed by atoms with Gasteiger partial charge in [0.25, 0.3) is 11.8 Å². The lowest BCUT2D eigenvalue weighted by molar-refractivity contribution is -0.127. The number of aryl methyl sites for hydroxylation is 2. The summed E-state index contributed by atoms with van der Waals surface area (Å²) in [5.41, 5.74) is 4.62. The van der Waals surface area contributed by atoms with Crippen LogP contribution in [0.3, 0.4) is 0 Å². The summed E-state index contributed by atoms with van der Waals surface area (Å²) < 4.78 is 5.97. The maximum atomic E-state index is 13.6. The fraction of sp³-hybridized carbons (Fsp3) is 0.172. The Morgan fingerprint density at radius 2 is 1.59 bits per heavy atom. The SMILES string of the molecule is Cc1cc(C)nc(Nc2ccc(C(=O)N3C[C@H](C(=O)NCc4ccccc4)Oc4ccccc43)cc2)n1. The number of ether oxygens (including phenoxy) is 1. The van der Waals surface area contributed by atoms with Gasteiger partial charge in [-0.1, -0.05) is 42.5 Å². The van der Waals surface area contributed by atoms with Crippen molar-refractivity contribution in [2.45, 2.75) is 26.5 Å². The Balaban J connectivity index is 1.32. The molecule has 2 heterocycles. The molecule has 0 unspecified atom stereocenters. The molecule has 0 radical (unpaired) electrons. The first-order valence-electron chi connectivity index (χ1n) is 12.0. The van der Waals surface area contributed by atoms with Crippen molar-refractivity contribution in [3.63, 3.8) is 0 Å². The highest BCUT2D eigenvalue weighted by Crippen LogP contribution is 2.34. The molecule has 1 aromatic heterocycles. The van der Waals surface area contributed by atoms with Crippen LogP contribution in [0.25, 0.3) is 0 Å². The Bertz CT molecular complexity index is 1400. The van der Waals surface area contributed by atoms with Crippen LogP contribution in [0.2, 0.25) is 0 Å². The summed E-state index contributed by atoms with van der Waals surface area (Å²) in [6.07, 6.45) is -0.829. The number of nitrogens with one attached hydrogen (secondary N) is 2. The number of hydrogen-bond acceptors (Lipinski definition) is 6. The summed E-state index contributed by atoms with van der Waals surface area (Å²) in [6.45, 7) is 4.31. The summed E-state index contributed by atoms with van der Waals surface area (Å²) in [7, 11) is 0. The van der Waals surface area contributed by atoms with Crippen molar-refractivity contribution in [3.8, 4) is 5.75 Å². The summed E-state index contributed by atoms with van der Waals surface area (Å²) in [5.74, 6) is 0.505. The van der Waals surface area contributed by atoms with Crippen LogP contribution in [0.5, 0.6) is 5.75 Å². The van der Waals surface area contributed by atoms with E-state index in [1.807, 2.05) is 80.6 Å². The van der Waals surface area contributed by atoms with Crippen LogP contribution >= 0.6 is 0 Å². The predicted octanol–water partition coefficient (Wildman–Crippen LogP) is 4.56. The monoisotopic (exact) mass is 493 g/mol. The molecule has 0 aliphatic carbocycles. The van der Waals surface area contributed by atoms with Gasteiger partial charge < -0.3 is 20.3 Å². The number of rotatable bonds is 6. The molecule has 3 aromatic carbocycles. The molecule has 4 aromatic rings. The first-order chi connectivity index (χ1) is 18.0. The summed E-state index contributed by atoms with van der Waals surface area (Å²) in [5, 5.41) is 6.09. The molecule has 186 valence electrons. The summed E-state index contributed by atoms with van der Waals surface area (Å²) >= 11 is 0. The standard InChI is InChI=1S/C29H27N5O3/c1-19-16-20(2)32-29(31-19)33-23-14-12-22(13-15-23)28(36)34-18-26(37-25-11-7-6-10-24(25)34)27(35)30-17-21-8-4-3-5-9-21/h3-16,26H,17-18H2,1-2H3,(H,30,35)(H,31,32,33)/t26-/m1/s1. The number of anilines is 3. The Hall–Kier alpha value is -4.72. The fourth-order valence-corrected chi connectivity index (χ4v) is 4.23. The Labute approximate surface area is 215 Å². The van der Waals surface area contributed by atoms with Gasteiger partial charge in [0.1, 0.15) is 5.75 Å². The molecule has 8 nitrogen and oxygen atoms in total. The molecule has 2 N–H and O–H groups in total. The van der Waals surface area contributed by atoms with Gasteiger partial charge in [-0.05, 0) is 61.9 Å². The van der Waals surface area contributed by atoms with Gasteiger partial charge in [0.2, 0.25) is 5.95 Å². The zero-order chi connectivity index (χ0) is 25.8. The zero-order valence-corrected chi connectivity index (χ0v) is 20.6. The largest absolute Gasteiger partial charge is 0.477 e. The van der Waals surface area contributed by atoms with Crippen molar-refractivity contribution in [3.05, 3.63) is 107 Å². The molecule has 5 rings (SSSR count). The van der Waals surface area contributed by atoms with Gasteiger partial charge in [-0.3, -0.25) is 9.59 Å². The van der Waals surface area contributed by atoms with Crippen molar-refractivity contribution in [2.75, 3.05) is 16.8 Å². The molecular weight excluding hydrogens is 466 g/mol. The lowest BCUT2D eigenvalue weighted by atomic mass is 10.1.